The first-order valence-electron chi connectivity index (χ1n) is 8.42. The molecule has 1 aromatic carbocycles. The van der Waals surface area contributed by atoms with Crippen molar-refractivity contribution in [3.63, 3.8) is 0 Å². The number of hydrogen-bond acceptors (Lipinski definition) is 3. The van der Waals surface area contributed by atoms with E-state index >= 15 is 0 Å². The highest BCUT2D eigenvalue weighted by molar-refractivity contribution is 5.25. The maximum absolute atomic E-state index is 5.96. The van der Waals surface area contributed by atoms with Gasteiger partial charge in [0.15, 0.2) is 0 Å². The van der Waals surface area contributed by atoms with E-state index in [9.17, 15) is 0 Å². The molecular formula is C18H28N2O. The monoisotopic (exact) mass is 288 g/mol. The van der Waals surface area contributed by atoms with Crippen molar-refractivity contribution in [2.75, 3.05) is 19.7 Å². The van der Waals surface area contributed by atoms with Crippen LogP contribution in [0.1, 0.15) is 49.7 Å². The molecule has 1 saturated heterocycles. The lowest BCUT2D eigenvalue weighted by molar-refractivity contribution is -0.0911. The van der Waals surface area contributed by atoms with Crippen LogP contribution in [-0.2, 0) is 11.3 Å². The number of morpholine rings is 1. The third kappa shape index (κ3) is 3.47. The molecule has 1 heterocycles. The van der Waals surface area contributed by atoms with Gasteiger partial charge in [-0.05, 0) is 36.4 Å². The Kier molecular flexibility index (Phi) is 4.94. The van der Waals surface area contributed by atoms with E-state index in [4.69, 9.17) is 10.5 Å². The number of fused-ring (bicyclic) bond motifs is 1. The second-order valence-electron chi connectivity index (χ2n) is 6.61. The summed E-state index contributed by atoms with van der Waals surface area (Å²) in [5.74, 6) is 0.449. The number of rotatable bonds is 4. The molecule has 21 heavy (non-hydrogen) atoms. The summed E-state index contributed by atoms with van der Waals surface area (Å²) >= 11 is 0. The molecule has 0 amide bonds. The molecule has 2 aliphatic rings. The van der Waals surface area contributed by atoms with Crippen molar-refractivity contribution in [2.24, 2.45) is 5.73 Å². The van der Waals surface area contributed by atoms with Crippen molar-refractivity contribution < 1.29 is 4.74 Å². The van der Waals surface area contributed by atoms with Crippen molar-refractivity contribution in [3.8, 4) is 0 Å². The first-order chi connectivity index (χ1) is 10.3. The normalized spacial score (nSPS) is 28.1. The highest BCUT2D eigenvalue weighted by Gasteiger charge is 2.33. The van der Waals surface area contributed by atoms with E-state index in [1.54, 1.807) is 0 Å². The Balaban J connectivity index is 1.65. The first kappa shape index (κ1) is 15.0. The van der Waals surface area contributed by atoms with Crippen molar-refractivity contribution in [2.45, 2.75) is 57.2 Å². The van der Waals surface area contributed by atoms with Crippen molar-refractivity contribution in [1.29, 1.82) is 0 Å². The summed E-state index contributed by atoms with van der Waals surface area (Å²) < 4.78 is 5.96. The topological polar surface area (TPSA) is 38.5 Å². The Morgan fingerprint density at radius 3 is 2.76 bits per heavy atom. The lowest BCUT2D eigenvalue weighted by atomic mass is 9.90. The minimum absolute atomic E-state index is 0.449. The molecule has 3 rings (SSSR count). The van der Waals surface area contributed by atoms with Crippen LogP contribution < -0.4 is 5.73 Å². The second kappa shape index (κ2) is 6.91. The van der Waals surface area contributed by atoms with Gasteiger partial charge < -0.3 is 10.5 Å². The van der Waals surface area contributed by atoms with E-state index in [-0.39, 0.29) is 0 Å². The van der Waals surface area contributed by atoms with Crippen LogP contribution in [0.4, 0.5) is 0 Å². The molecule has 116 valence electrons. The molecule has 0 spiro atoms. The summed E-state index contributed by atoms with van der Waals surface area (Å²) in [6, 6.07) is 9.66. The van der Waals surface area contributed by atoms with Crippen molar-refractivity contribution in [1.82, 2.24) is 4.90 Å². The van der Waals surface area contributed by atoms with Gasteiger partial charge in [-0.15, -0.1) is 0 Å². The highest BCUT2D eigenvalue weighted by Crippen LogP contribution is 2.29. The van der Waals surface area contributed by atoms with Gasteiger partial charge in [0.2, 0.25) is 0 Å². The molecule has 2 N–H and O–H groups in total. The summed E-state index contributed by atoms with van der Waals surface area (Å²) in [5, 5.41) is 0. The molecule has 3 atom stereocenters. The number of ether oxygens (including phenoxy) is 1. The molecular weight excluding hydrogens is 260 g/mol. The maximum Gasteiger partial charge on any atom is 0.0731 e. The molecule has 0 bridgehead atoms. The van der Waals surface area contributed by atoms with Crippen molar-refractivity contribution in [3.05, 3.63) is 35.4 Å². The van der Waals surface area contributed by atoms with Gasteiger partial charge in [0.1, 0.15) is 0 Å². The Morgan fingerprint density at radius 1 is 1.24 bits per heavy atom. The molecule has 0 radical (unpaired) electrons. The Bertz CT molecular complexity index is 443. The van der Waals surface area contributed by atoms with Crippen LogP contribution in [0.25, 0.3) is 0 Å². The second-order valence-corrected chi connectivity index (χ2v) is 6.61. The lowest BCUT2D eigenvalue weighted by Crippen LogP contribution is -2.52. The third-order valence-corrected chi connectivity index (χ3v) is 5.14. The summed E-state index contributed by atoms with van der Waals surface area (Å²) in [6.45, 7) is 5.92. The van der Waals surface area contributed by atoms with Gasteiger partial charge in [0, 0.05) is 19.1 Å². The van der Waals surface area contributed by atoms with E-state index in [1.165, 1.54) is 36.8 Å². The van der Waals surface area contributed by atoms with Crippen LogP contribution >= 0.6 is 0 Å². The van der Waals surface area contributed by atoms with Gasteiger partial charge in [-0.3, -0.25) is 4.90 Å². The Labute approximate surface area is 128 Å². The van der Waals surface area contributed by atoms with Crippen LogP contribution in [0.3, 0.4) is 0 Å². The number of benzene rings is 1. The van der Waals surface area contributed by atoms with Gasteiger partial charge in [0.25, 0.3) is 0 Å². The molecule has 3 unspecified atom stereocenters. The fourth-order valence-electron chi connectivity index (χ4n) is 3.70. The van der Waals surface area contributed by atoms with Gasteiger partial charge in [-0.1, -0.05) is 44.0 Å². The number of nitrogens with two attached hydrogens (primary N) is 1. The average Bonchev–Trinajstić information content (AvgIpc) is 2.55. The molecule has 1 aliphatic carbocycles. The predicted molar refractivity (Wildman–Crippen MR) is 86.3 cm³/mol. The number of hydrogen-bond donors (Lipinski definition) is 1. The smallest absolute Gasteiger partial charge is 0.0731 e. The predicted octanol–water partition coefficient (Wildman–Crippen LogP) is 2.89. The zero-order valence-corrected chi connectivity index (χ0v) is 13.1. The molecule has 1 saturated carbocycles. The molecule has 0 aromatic heterocycles. The molecule has 2 fully saturated rings. The Hall–Kier alpha value is -0.900. The third-order valence-electron chi connectivity index (χ3n) is 5.14. The van der Waals surface area contributed by atoms with Crippen LogP contribution in [0.2, 0.25) is 0 Å². The first-order valence-corrected chi connectivity index (χ1v) is 8.42. The zero-order valence-electron chi connectivity index (χ0n) is 13.1. The van der Waals surface area contributed by atoms with Crippen LogP contribution in [0.5, 0.6) is 0 Å². The van der Waals surface area contributed by atoms with E-state index in [0.29, 0.717) is 24.6 Å². The molecule has 3 nitrogen and oxygen atoms in total. The molecule has 1 aromatic rings. The minimum Gasteiger partial charge on any atom is -0.375 e. The summed E-state index contributed by atoms with van der Waals surface area (Å²) in [4.78, 5) is 2.63. The van der Waals surface area contributed by atoms with Gasteiger partial charge >= 0.3 is 0 Å². The minimum atomic E-state index is 0.449. The standard InChI is InChI=1S/C18H28N2O/c1-14(12-19)16-8-6-15(7-9-16)13-20-10-11-21-18-5-3-2-4-17(18)20/h6-9,14,17-18H,2-5,10-13,19H2,1H3. The molecule has 1 aliphatic heterocycles. The van der Waals surface area contributed by atoms with Gasteiger partial charge in [-0.2, -0.15) is 0 Å². The largest absolute Gasteiger partial charge is 0.375 e. The van der Waals surface area contributed by atoms with Crippen LogP contribution in [0, 0.1) is 0 Å². The average molecular weight is 288 g/mol. The fourth-order valence-corrected chi connectivity index (χ4v) is 3.70. The number of nitrogens with zero attached hydrogens (tertiary/aromatic N) is 1. The van der Waals surface area contributed by atoms with Gasteiger partial charge in [-0.25, -0.2) is 0 Å². The van der Waals surface area contributed by atoms with Gasteiger partial charge in [0.05, 0.1) is 12.7 Å². The van der Waals surface area contributed by atoms with E-state index in [2.05, 4.69) is 36.1 Å². The summed E-state index contributed by atoms with van der Waals surface area (Å²) in [5.41, 5.74) is 8.50. The van der Waals surface area contributed by atoms with E-state index in [0.717, 1.165) is 19.7 Å². The van der Waals surface area contributed by atoms with Crippen molar-refractivity contribution >= 4 is 0 Å². The fraction of sp³-hybridized carbons (Fsp3) is 0.667. The zero-order chi connectivity index (χ0) is 14.7. The Morgan fingerprint density at radius 2 is 2.00 bits per heavy atom. The lowest BCUT2D eigenvalue weighted by Gasteiger charge is -2.43. The molecule has 3 heteroatoms. The highest BCUT2D eigenvalue weighted by atomic mass is 16.5. The van der Waals surface area contributed by atoms with E-state index < -0.39 is 0 Å². The SMILES string of the molecule is CC(CN)c1ccc(CN2CCOC3CCCCC32)cc1. The van der Waals surface area contributed by atoms with Crippen LogP contribution in [-0.4, -0.2) is 36.7 Å². The van der Waals surface area contributed by atoms with E-state index in [1.807, 2.05) is 0 Å². The van der Waals surface area contributed by atoms with Crippen LogP contribution in [0.15, 0.2) is 24.3 Å². The maximum atomic E-state index is 5.96. The quantitative estimate of drug-likeness (QED) is 0.926. The summed E-state index contributed by atoms with van der Waals surface area (Å²) in [7, 11) is 0. The summed E-state index contributed by atoms with van der Waals surface area (Å²) in [6.07, 6.45) is 5.71.